The van der Waals surface area contributed by atoms with Crippen LogP contribution in [0.3, 0.4) is 0 Å². The highest BCUT2D eigenvalue weighted by Crippen LogP contribution is 2.17. The van der Waals surface area contributed by atoms with Gasteiger partial charge in [0.05, 0.1) is 27.5 Å². The summed E-state index contributed by atoms with van der Waals surface area (Å²) in [7, 11) is -3.41. The van der Waals surface area contributed by atoms with E-state index < -0.39 is 26.8 Å². The average Bonchev–Trinajstić information content (AvgIpc) is 2.60. The largest absolute Gasteiger partial charge is 0.295 e. The number of benzene rings is 2. The van der Waals surface area contributed by atoms with Gasteiger partial charge in [-0.15, -0.1) is 0 Å². The summed E-state index contributed by atoms with van der Waals surface area (Å²) < 4.78 is 37.8. The zero-order valence-electron chi connectivity index (χ0n) is 13.6. The Balaban J connectivity index is 2.08. The van der Waals surface area contributed by atoms with Crippen LogP contribution in [0.1, 0.15) is 29.8 Å². The predicted molar refractivity (Wildman–Crippen MR) is 91.0 cm³/mol. The molecule has 0 aliphatic carbocycles. The molecule has 0 atom stereocenters. The van der Waals surface area contributed by atoms with Crippen LogP contribution in [0.25, 0.3) is 0 Å². The monoisotopic (exact) mass is 361 g/mol. The number of hydrazine groups is 1. The SMILES string of the molecule is CC(C)S(=O)(=O)c1ccc(C(=O)NNc2ccc(C#N)cc2F)cc1. The standard InChI is InChI=1S/C17H16FN3O3S/c1-11(2)25(23,24)14-6-4-13(5-7-14)17(22)21-20-16-8-3-12(10-19)9-15(16)18/h3-9,11,20H,1-2H3,(H,21,22). The second-order valence-corrected chi connectivity index (χ2v) is 8.01. The molecule has 0 radical (unpaired) electrons. The lowest BCUT2D eigenvalue weighted by molar-refractivity contribution is 0.0962. The molecule has 1 amide bonds. The van der Waals surface area contributed by atoms with Crippen molar-refractivity contribution in [2.24, 2.45) is 0 Å². The van der Waals surface area contributed by atoms with E-state index in [0.717, 1.165) is 6.07 Å². The van der Waals surface area contributed by atoms with E-state index in [1.807, 2.05) is 0 Å². The molecule has 2 aromatic rings. The number of anilines is 1. The molecule has 2 rings (SSSR count). The van der Waals surface area contributed by atoms with Gasteiger partial charge in [-0.1, -0.05) is 0 Å². The fourth-order valence-corrected chi connectivity index (χ4v) is 3.01. The Morgan fingerprint density at radius 1 is 1.16 bits per heavy atom. The maximum Gasteiger partial charge on any atom is 0.269 e. The van der Waals surface area contributed by atoms with Crippen molar-refractivity contribution < 1.29 is 17.6 Å². The van der Waals surface area contributed by atoms with Crippen LogP contribution in [0.15, 0.2) is 47.4 Å². The Morgan fingerprint density at radius 2 is 1.80 bits per heavy atom. The van der Waals surface area contributed by atoms with Gasteiger partial charge in [0.15, 0.2) is 9.84 Å². The molecule has 0 aliphatic rings. The highest BCUT2D eigenvalue weighted by molar-refractivity contribution is 7.92. The van der Waals surface area contributed by atoms with Gasteiger partial charge >= 0.3 is 0 Å². The molecular formula is C17H16FN3O3S. The summed E-state index contributed by atoms with van der Waals surface area (Å²) in [5.41, 5.74) is 5.12. The topological polar surface area (TPSA) is 99.1 Å². The van der Waals surface area contributed by atoms with Gasteiger partial charge in [0.2, 0.25) is 0 Å². The van der Waals surface area contributed by atoms with Gasteiger partial charge in [0.25, 0.3) is 5.91 Å². The van der Waals surface area contributed by atoms with E-state index in [0.29, 0.717) is 0 Å². The normalized spacial score (nSPS) is 11.0. The van der Waals surface area contributed by atoms with Crippen molar-refractivity contribution in [1.82, 2.24) is 5.43 Å². The van der Waals surface area contributed by atoms with Crippen molar-refractivity contribution in [2.45, 2.75) is 24.0 Å². The third-order valence-corrected chi connectivity index (χ3v) is 5.64. The highest BCUT2D eigenvalue weighted by atomic mass is 32.2. The molecule has 8 heteroatoms. The number of halogens is 1. The van der Waals surface area contributed by atoms with Gasteiger partial charge in [0, 0.05) is 5.56 Å². The summed E-state index contributed by atoms with van der Waals surface area (Å²) in [6.07, 6.45) is 0. The lowest BCUT2D eigenvalue weighted by Crippen LogP contribution is -2.29. The van der Waals surface area contributed by atoms with Crippen LogP contribution < -0.4 is 10.9 Å². The Kier molecular flexibility index (Phi) is 5.39. The number of hydrogen-bond donors (Lipinski definition) is 2. The van der Waals surface area contributed by atoms with Crippen molar-refractivity contribution in [3.05, 3.63) is 59.4 Å². The summed E-state index contributed by atoms with van der Waals surface area (Å²) in [6.45, 7) is 3.15. The lowest BCUT2D eigenvalue weighted by atomic mass is 10.2. The van der Waals surface area contributed by atoms with E-state index in [-0.39, 0.29) is 21.7 Å². The molecule has 0 bridgehead atoms. The van der Waals surface area contributed by atoms with Crippen molar-refractivity contribution in [3.63, 3.8) is 0 Å². The van der Waals surface area contributed by atoms with Crippen LogP contribution >= 0.6 is 0 Å². The maximum absolute atomic E-state index is 13.7. The lowest BCUT2D eigenvalue weighted by Gasteiger charge is -2.11. The van der Waals surface area contributed by atoms with E-state index in [9.17, 15) is 17.6 Å². The van der Waals surface area contributed by atoms with E-state index in [1.54, 1.807) is 19.9 Å². The van der Waals surface area contributed by atoms with Gasteiger partial charge in [-0.05, 0) is 56.3 Å². The number of sulfone groups is 1. The molecular weight excluding hydrogens is 345 g/mol. The minimum Gasteiger partial charge on any atom is -0.295 e. The van der Waals surface area contributed by atoms with E-state index in [4.69, 9.17) is 5.26 Å². The first kappa shape index (κ1) is 18.4. The zero-order valence-corrected chi connectivity index (χ0v) is 14.4. The van der Waals surface area contributed by atoms with Crippen LogP contribution in [0.4, 0.5) is 10.1 Å². The van der Waals surface area contributed by atoms with E-state index in [2.05, 4.69) is 10.9 Å². The number of nitrogens with zero attached hydrogens (tertiary/aromatic N) is 1. The summed E-state index contributed by atoms with van der Waals surface area (Å²) in [5.74, 6) is -1.24. The molecule has 0 aromatic heterocycles. The van der Waals surface area contributed by atoms with Crippen LogP contribution in [0.2, 0.25) is 0 Å². The van der Waals surface area contributed by atoms with E-state index >= 15 is 0 Å². The van der Waals surface area contributed by atoms with Crippen LogP contribution in [0.5, 0.6) is 0 Å². The summed E-state index contributed by atoms with van der Waals surface area (Å²) in [6, 6.07) is 11.0. The van der Waals surface area contributed by atoms with Crippen LogP contribution in [-0.4, -0.2) is 19.6 Å². The number of carbonyl (C=O) groups is 1. The van der Waals surface area contributed by atoms with Gasteiger partial charge in [0.1, 0.15) is 5.82 Å². The molecule has 6 nitrogen and oxygen atoms in total. The van der Waals surface area contributed by atoms with Gasteiger partial charge in [-0.3, -0.25) is 15.6 Å². The van der Waals surface area contributed by atoms with Crippen LogP contribution in [0, 0.1) is 17.1 Å². The number of hydrogen-bond acceptors (Lipinski definition) is 5. The fraction of sp³-hybridized carbons (Fsp3) is 0.176. The molecule has 0 spiro atoms. The maximum atomic E-state index is 13.7. The third kappa shape index (κ3) is 4.14. The Hall–Kier alpha value is -2.92. The number of nitriles is 1. The highest BCUT2D eigenvalue weighted by Gasteiger charge is 2.19. The predicted octanol–water partition coefficient (Wildman–Crippen LogP) is 2.64. The molecule has 0 unspecified atom stereocenters. The minimum absolute atomic E-state index is 0.00588. The minimum atomic E-state index is -3.41. The average molecular weight is 361 g/mol. The summed E-state index contributed by atoms with van der Waals surface area (Å²) in [5, 5.41) is 8.12. The fourth-order valence-electron chi connectivity index (χ4n) is 1.95. The molecule has 0 heterocycles. The molecule has 25 heavy (non-hydrogen) atoms. The van der Waals surface area contributed by atoms with Gasteiger partial charge in [-0.25, -0.2) is 12.8 Å². The molecule has 0 saturated carbocycles. The van der Waals surface area contributed by atoms with Crippen molar-refractivity contribution >= 4 is 21.4 Å². The number of amides is 1. The second kappa shape index (κ2) is 7.32. The van der Waals surface area contributed by atoms with Crippen molar-refractivity contribution in [2.75, 3.05) is 5.43 Å². The Bertz CT molecular complexity index is 933. The smallest absolute Gasteiger partial charge is 0.269 e. The quantitative estimate of drug-likeness (QED) is 0.798. The zero-order chi connectivity index (χ0) is 18.6. The molecule has 0 saturated heterocycles. The third-order valence-electron chi connectivity index (χ3n) is 3.47. The molecule has 2 N–H and O–H groups in total. The van der Waals surface area contributed by atoms with Crippen molar-refractivity contribution in [1.29, 1.82) is 5.26 Å². The Labute approximate surface area is 145 Å². The number of nitrogens with one attached hydrogen (secondary N) is 2. The first-order valence-corrected chi connectivity index (χ1v) is 8.90. The van der Waals surface area contributed by atoms with E-state index in [1.165, 1.54) is 36.4 Å². The van der Waals surface area contributed by atoms with Crippen molar-refractivity contribution in [3.8, 4) is 6.07 Å². The first-order chi connectivity index (χ1) is 11.8. The second-order valence-electron chi connectivity index (χ2n) is 5.50. The van der Waals surface area contributed by atoms with Gasteiger partial charge in [-0.2, -0.15) is 5.26 Å². The molecule has 0 fully saturated rings. The van der Waals surface area contributed by atoms with Gasteiger partial charge < -0.3 is 0 Å². The molecule has 130 valence electrons. The molecule has 0 aliphatic heterocycles. The number of carbonyl (C=O) groups excluding carboxylic acids is 1. The summed E-state index contributed by atoms with van der Waals surface area (Å²) >= 11 is 0. The Morgan fingerprint density at radius 3 is 2.32 bits per heavy atom. The number of rotatable bonds is 5. The first-order valence-electron chi connectivity index (χ1n) is 7.35. The van der Waals surface area contributed by atoms with Crippen LogP contribution in [-0.2, 0) is 9.84 Å². The summed E-state index contributed by atoms with van der Waals surface area (Å²) in [4.78, 5) is 12.2. The molecule has 2 aromatic carbocycles.